The van der Waals surface area contributed by atoms with E-state index in [1.54, 1.807) is 48.5 Å². The predicted octanol–water partition coefficient (Wildman–Crippen LogP) is 4.43. The highest BCUT2D eigenvalue weighted by atomic mass is 16.5. The van der Waals surface area contributed by atoms with Crippen molar-refractivity contribution in [2.24, 2.45) is 5.73 Å². The Bertz CT molecular complexity index is 1090. The third-order valence-electron chi connectivity index (χ3n) is 4.95. The number of hydrogen-bond donors (Lipinski definition) is 3. The van der Waals surface area contributed by atoms with E-state index >= 15 is 0 Å². The lowest BCUT2D eigenvalue weighted by Gasteiger charge is -2.17. The average molecular weight is 400 g/mol. The fourth-order valence-corrected chi connectivity index (χ4v) is 3.54. The lowest BCUT2D eigenvalue weighted by molar-refractivity contribution is -0.118. The molecule has 0 radical (unpaired) electrons. The number of phenolic OH excluding ortho intramolecular Hbond substituents is 2. The van der Waals surface area contributed by atoms with Gasteiger partial charge in [-0.25, -0.2) is 0 Å². The summed E-state index contributed by atoms with van der Waals surface area (Å²) in [5, 5.41) is 23.6. The first kappa shape index (κ1) is 19.3. The summed E-state index contributed by atoms with van der Waals surface area (Å²) in [5.74, 6) is -0.0660. The number of rotatable bonds is 6. The highest BCUT2D eigenvalue weighted by Gasteiger charge is 2.29. The Labute approximate surface area is 173 Å². The van der Waals surface area contributed by atoms with Gasteiger partial charge in [0.25, 0.3) is 0 Å². The maximum absolute atomic E-state index is 12.0. The van der Waals surface area contributed by atoms with E-state index in [1.807, 2.05) is 30.3 Å². The topological polar surface area (TPSA) is 110 Å². The molecule has 4 aromatic rings. The minimum absolute atomic E-state index is 0.0708. The number of benzene rings is 3. The molecule has 1 aromatic heterocycles. The van der Waals surface area contributed by atoms with Crippen molar-refractivity contribution < 1.29 is 19.5 Å². The molecule has 1 unspecified atom stereocenters. The van der Waals surface area contributed by atoms with Gasteiger partial charge in [-0.15, -0.1) is 0 Å². The average Bonchev–Trinajstić information content (AvgIpc) is 3.18. The largest absolute Gasteiger partial charge is 0.508 e. The second-order valence-electron chi connectivity index (χ2n) is 7.00. The van der Waals surface area contributed by atoms with Gasteiger partial charge >= 0.3 is 0 Å². The van der Waals surface area contributed by atoms with E-state index in [4.69, 9.17) is 10.3 Å². The zero-order valence-corrected chi connectivity index (χ0v) is 16.0. The van der Waals surface area contributed by atoms with Crippen molar-refractivity contribution >= 4 is 5.91 Å². The van der Waals surface area contributed by atoms with Crippen LogP contribution in [-0.2, 0) is 4.79 Å². The summed E-state index contributed by atoms with van der Waals surface area (Å²) >= 11 is 0. The molecule has 1 amide bonds. The van der Waals surface area contributed by atoms with Gasteiger partial charge in [0.15, 0.2) is 5.76 Å². The molecule has 1 atom stereocenters. The van der Waals surface area contributed by atoms with Crippen LogP contribution in [0.15, 0.2) is 83.4 Å². The predicted molar refractivity (Wildman–Crippen MR) is 113 cm³/mol. The number of phenols is 2. The van der Waals surface area contributed by atoms with Gasteiger partial charge in [-0.2, -0.15) is 0 Å². The summed E-state index contributed by atoms with van der Waals surface area (Å²) in [7, 11) is 0. The lowest BCUT2D eigenvalue weighted by atomic mass is 9.84. The molecule has 1 heterocycles. The molecular formula is C24H20N2O4. The third kappa shape index (κ3) is 3.89. The van der Waals surface area contributed by atoms with Crippen LogP contribution in [0.5, 0.6) is 11.5 Å². The summed E-state index contributed by atoms with van der Waals surface area (Å²) in [6, 6.07) is 22.8. The number of nitrogens with zero attached hydrogens (tertiary/aromatic N) is 1. The standard InChI is InChI=1S/C24H20N2O4/c25-21(29)14-20(15-4-2-1-3-5-15)22-23(16-6-10-18(27)11-7-16)26-30-24(22)17-8-12-19(28)13-9-17/h1-13,20,27-28H,14H2,(H2,25,29). The molecule has 4 N–H and O–H groups in total. The zero-order chi connectivity index (χ0) is 21.1. The van der Waals surface area contributed by atoms with E-state index < -0.39 is 5.91 Å². The van der Waals surface area contributed by atoms with Gasteiger partial charge in [-0.3, -0.25) is 4.79 Å². The molecule has 150 valence electrons. The fraction of sp³-hybridized carbons (Fsp3) is 0.0833. The van der Waals surface area contributed by atoms with E-state index in [-0.39, 0.29) is 23.8 Å². The van der Waals surface area contributed by atoms with Crippen molar-refractivity contribution in [3.8, 4) is 34.1 Å². The highest BCUT2D eigenvalue weighted by molar-refractivity contribution is 5.80. The van der Waals surface area contributed by atoms with Crippen LogP contribution in [0.4, 0.5) is 0 Å². The minimum Gasteiger partial charge on any atom is -0.508 e. The number of carbonyl (C=O) groups excluding carboxylic acids is 1. The molecule has 4 rings (SSSR count). The first-order valence-corrected chi connectivity index (χ1v) is 9.44. The van der Waals surface area contributed by atoms with Crippen molar-refractivity contribution in [1.29, 1.82) is 0 Å². The molecule has 30 heavy (non-hydrogen) atoms. The van der Waals surface area contributed by atoms with Crippen LogP contribution in [-0.4, -0.2) is 21.3 Å². The fourth-order valence-electron chi connectivity index (χ4n) is 3.54. The third-order valence-corrected chi connectivity index (χ3v) is 4.95. The van der Waals surface area contributed by atoms with E-state index in [0.29, 0.717) is 17.0 Å². The van der Waals surface area contributed by atoms with Crippen LogP contribution in [0.3, 0.4) is 0 Å². The van der Waals surface area contributed by atoms with Gasteiger partial charge in [0.1, 0.15) is 17.2 Å². The molecule has 0 aliphatic carbocycles. The summed E-state index contributed by atoms with van der Waals surface area (Å²) in [5.41, 5.74) is 9.23. The van der Waals surface area contributed by atoms with Crippen LogP contribution in [0.2, 0.25) is 0 Å². The maximum atomic E-state index is 12.0. The quantitative estimate of drug-likeness (QED) is 0.444. The first-order chi connectivity index (χ1) is 14.5. The Kier molecular flexibility index (Phi) is 5.22. The Balaban J connectivity index is 1.95. The minimum atomic E-state index is -0.446. The monoisotopic (exact) mass is 400 g/mol. The number of amides is 1. The van der Waals surface area contributed by atoms with Gasteiger partial charge < -0.3 is 20.5 Å². The van der Waals surface area contributed by atoms with Crippen molar-refractivity contribution in [2.45, 2.75) is 12.3 Å². The zero-order valence-electron chi connectivity index (χ0n) is 16.0. The van der Waals surface area contributed by atoms with Crippen LogP contribution in [0.25, 0.3) is 22.6 Å². The van der Waals surface area contributed by atoms with Crippen LogP contribution < -0.4 is 5.73 Å². The van der Waals surface area contributed by atoms with Gasteiger partial charge in [-0.05, 0) is 54.1 Å². The molecule has 0 aliphatic heterocycles. The Morgan fingerprint density at radius 1 is 0.867 bits per heavy atom. The molecule has 0 aliphatic rings. The summed E-state index contributed by atoms with van der Waals surface area (Å²) in [4.78, 5) is 12.0. The van der Waals surface area contributed by atoms with Crippen molar-refractivity contribution in [3.05, 3.63) is 90.0 Å². The second kappa shape index (κ2) is 8.13. The van der Waals surface area contributed by atoms with Gasteiger partial charge in [0.2, 0.25) is 5.91 Å². The molecule has 3 aromatic carbocycles. The molecule has 0 bridgehead atoms. The van der Waals surface area contributed by atoms with Crippen molar-refractivity contribution in [1.82, 2.24) is 5.16 Å². The molecule has 6 nitrogen and oxygen atoms in total. The van der Waals surface area contributed by atoms with Gasteiger partial charge in [0, 0.05) is 29.0 Å². The molecule has 0 fully saturated rings. The normalized spacial score (nSPS) is 11.9. The van der Waals surface area contributed by atoms with Gasteiger partial charge in [0.05, 0.1) is 0 Å². The van der Waals surface area contributed by atoms with E-state index in [2.05, 4.69) is 5.16 Å². The Morgan fingerprint density at radius 3 is 2.00 bits per heavy atom. The number of primary amides is 1. The van der Waals surface area contributed by atoms with Crippen LogP contribution >= 0.6 is 0 Å². The molecule has 6 heteroatoms. The molecular weight excluding hydrogens is 380 g/mol. The maximum Gasteiger partial charge on any atom is 0.218 e. The summed E-state index contributed by atoms with van der Waals surface area (Å²) in [6.07, 6.45) is 0.0708. The van der Waals surface area contributed by atoms with Gasteiger partial charge in [-0.1, -0.05) is 35.5 Å². The van der Waals surface area contributed by atoms with Crippen molar-refractivity contribution in [3.63, 3.8) is 0 Å². The molecule has 0 spiro atoms. The summed E-state index contributed by atoms with van der Waals surface area (Å²) in [6.45, 7) is 0. The smallest absolute Gasteiger partial charge is 0.218 e. The number of aromatic nitrogens is 1. The lowest BCUT2D eigenvalue weighted by Crippen LogP contribution is -2.16. The number of aromatic hydroxyl groups is 2. The molecule has 0 saturated heterocycles. The second-order valence-corrected chi connectivity index (χ2v) is 7.00. The van der Waals surface area contributed by atoms with E-state index in [9.17, 15) is 15.0 Å². The highest BCUT2D eigenvalue weighted by Crippen LogP contribution is 2.42. The molecule has 0 saturated carbocycles. The number of carbonyl (C=O) groups is 1. The van der Waals surface area contributed by atoms with E-state index in [1.165, 1.54) is 0 Å². The first-order valence-electron chi connectivity index (χ1n) is 9.44. The van der Waals surface area contributed by atoms with Crippen LogP contribution in [0, 0.1) is 0 Å². The Morgan fingerprint density at radius 2 is 1.43 bits per heavy atom. The van der Waals surface area contributed by atoms with E-state index in [0.717, 1.165) is 16.7 Å². The van der Waals surface area contributed by atoms with Crippen molar-refractivity contribution in [2.75, 3.05) is 0 Å². The number of hydrogen-bond acceptors (Lipinski definition) is 5. The Hall–Kier alpha value is -4.06. The SMILES string of the molecule is NC(=O)CC(c1ccccc1)c1c(-c2ccc(O)cc2)noc1-c1ccc(O)cc1. The number of nitrogens with two attached hydrogens (primary N) is 1. The van der Waals surface area contributed by atoms with Crippen LogP contribution in [0.1, 0.15) is 23.5 Å². The summed E-state index contributed by atoms with van der Waals surface area (Å²) < 4.78 is 5.74.